The fourth-order valence-corrected chi connectivity index (χ4v) is 9.39. The van der Waals surface area contributed by atoms with Crippen molar-refractivity contribution in [2.24, 2.45) is 5.73 Å². The first-order valence-electron chi connectivity index (χ1n) is 34.3. The molecule has 0 saturated carbocycles. The van der Waals surface area contributed by atoms with Crippen LogP contribution in [0.1, 0.15) is 0 Å². The molecule has 44 heteroatoms. The molecule has 0 aromatic heterocycles. The van der Waals surface area contributed by atoms with Gasteiger partial charge in [0, 0.05) is 108 Å². The molecule has 0 unspecified atom stereocenters. The highest BCUT2D eigenvalue weighted by Gasteiger charge is 2.37. The highest BCUT2D eigenvalue weighted by atomic mass is 16.6. The average molecular weight is 1550 g/mol. The Morgan fingerprint density at radius 2 is 0.491 bits per heavy atom. The van der Waals surface area contributed by atoms with E-state index in [1.807, 2.05) is 0 Å². The number of hydrogen-bond donors (Lipinski definition) is 22. The third-order valence-corrected chi connectivity index (χ3v) is 16.5. The summed E-state index contributed by atoms with van der Waals surface area (Å²) in [5, 5.41) is 207. The fourth-order valence-electron chi connectivity index (χ4n) is 9.39. The summed E-state index contributed by atoms with van der Waals surface area (Å²) in [5.74, 6) is -3.82. The lowest BCUT2D eigenvalue weighted by atomic mass is 10.0. The van der Waals surface area contributed by atoms with Crippen LogP contribution >= 0.6 is 0 Å². The highest BCUT2D eigenvalue weighted by Crippen LogP contribution is 2.15. The summed E-state index contributed by atoms with van der Waals surface area (Å²) in [6.07, 6.45) is -32.0. The SMILES string of the molecule is CN(CC(=O)NCCOCCOCCOCCOCCOCCOCCN(CCN(C[C@H](O)[C@@H](O)[C@H](O)[C@H](O)CO)C[C@H](O)[C@@H](O)[C@H](O)[C@H](O)CO)CCN(C[C@H](O)[C@@H](O)[C@H](O)[C@H](O)CO)C[C@H](O)[C@@H](O)[C@H](O)[C@H](O)CO)C(=O)CN(C)C(=O)CN(C)C(=O)CN(C)C(=O)CN(C)C(=O)CN(C)C(=O)CN. The first-order chi connectivity index (χ1) is 49.9. The minimum atomic E-state index is -2.10. The van der Waals surface area contributed by atoms with Crippen LogP contribution < -0.4 is 11.1 Å². The zero-order chi connectivity index (χ0) is 80.8. The van der Waals surface area contributed by atoms with Crippen molar-refractivity contribution in [2.75, 3.05) is 259 Å². The van der Waals surface area contributed by atoms with Gasteiger partial charge in [0.25, 0.3) is 0 Å². The van der Waals surface area contributed by atoms with Crippen LogP contribution in [0.2, 0.25) is 0 Å². The van der Waals surface area contributed by atoms with E-state index in [0.717, 1.165) is 29.4 Å². The summed E-state index contributed by atoms with van der Waals surface area (Å²) in [4.78, 5) is 98.5. The lowest BCUT2D eigenvalue weighted by Gasteiger charge is -2.36. The maximum atomic E-state index is 12.9. The van der Waals surface area contributed by atoms with Crippen LogP contribution in [-0.2, 0) is 62.0 Å². The van der Waals surface area contributed by atoms with Gasteiger partial charge >= 0.3 is 0 Å². The Labute approximate surface area is 615 Å². The van der Waals surface area contributed by atoms with Crippen LogP contribution in [0.3, 0.4) is 0 Å². The van der Waals surface area contributed by atoms with Crippen LogP contribution in [0.15, 0.2) is 0 Å². The number of likely N-dealkylation sites (N-methyl/N-ethyl adjacent to an activating group) is 6. The van der Waals surface area contributed by atoms with Gasteiger partial charge in [0.2, 0.25) is 41.4 Å². The number of aliphatic hydroxyl groups is 20. The Morgan fingerprint density at radius 1 is 0.283 bits per heavy atom. The van der Waals surface area contributed by atoms with Gasteiger partial charge in [-0.05, 0) is 0 Å². The zero-order valence-electron chi connectivity index (χ0n) is 61.4. The number of rotatable bonds is 64. The summed E-state index contributed by atoms with van der Waals surface area (Å²) in [6.45, 7) is -7.70. The molecule has 0 saturated heterocycles. The van der Waals surface area contributed by atoms with Crippen LogP contribution in [0, 0.1) is 0 Å². The van der Waals surface area contributed by atoms with Crippen molar-refractivity contribution >= 4 is 41.4 Å². The van der Waals surface area contributed by atoms with Crippen molar-refractivity contribution in [2.45, 2.75) is 97.7 Å². The average Bonchev–Trinajstić information content (AvgIpc) is 0.854. The molecule has 106 heavy (non-hydrogen) atoms. The molecule has 0 aliphatic carbocycles. The Kier molecular flexibility index (Phi) is 54.5. The normalized spacial score (nSPS) is 16.5. The lowest BCUT2D eigenvalue weighted by Crippen LogP contribution is -2.55. The smallest absolute Gasteiger partial charge is 0.242 e. The van der Waals surface area contributed by atoms with E-state index < -0.39 is 211 Å². The minimum Gasteiger partial charge on any atom is -0.394 e. The van der Waals surface area contributed by atoms with Gasteiger partial charge in [-0.15, -0.1) is 0 Å². The van der Waals surface area contributed by atoms with Gasteiger partial charge < -0.3 is 171 Å². The van der Waals surface area contributed by atoms with Gasteiger partial charge in [0.15, 0.2) is 0 Å². The largest absolute Gasteiger partial charge is 0.394 e. The van der Waals surface area contributed by atoms with Gasteiger partial charge in [-0.25, -0.2) is 0 Å². The molecular formula is C62H123N11O33. The summed E-state index contributed by atoms with van der Waals surface area (Å²) in [7, 11) is 8.16. The highest BCUT2D eigenvalue weighted by molar-refractivity contribution is 5.92. The number of nitrogens with one attached hydrogen (secondary N) is 1. The number of hydrogen-bond acceptors (Lipinski definition) is 37. The summed E-state index contributed by atoms with van der Waals surface area (Å²) < 4.78 is 33.4. The Morgan fingerprint density at radius 3 is 0.736 bits per heavy atom. The minimum absolute atomic E-state index is 0.0318. The Hall–Kier alpha value is -4.91. The number of amides is 7. The first-order valence-corrected chi connectivity index (χ1v) is 34.3. The Balaban J connectivity index is 5.20. The third-order valence-electron chi connectivity index (χ3n) is 16.5. The van der Waals surface area contributed by atoms with Gasteiger partial charge in [0.05, 0.1) is 176 Å². The maximum absolute atomic E-state index is 12.9. The number of carbonyl (C=O) groups is 7. The quantitative estimate of drug-likeness (QED) is 0.0251. The standard InChI is InChI=1S/C62H123N11O33/c1-65(50(88)32-67(3)52(90)34-69(5)54(92)35-70(6)53(91)33-68(4)51(89)31-66(2)49(87)25-63)30-48(86)64-7-13-101-15-17-103-19-21-105-23-24-106-22-20-104-18-16-102-14-12-71(8-10-72(26-40(78)55(93)59(97)44(82)36-74)27-41(79)56(94)60(98)45(83)37-75)9-11-73(28-42(80)57(95)61(99)46(84)38-76)29-43(81)58(96)62(100)47(85)39-77/h40-47,55-62,74-85,93-100H,7-39,63H2,1-6H3,(H,64,86)/t40-,41-,42-,43-,44+,45+,46+,47+,55+,56+,57+,58+,59+,60+,61+,62+/m0/s1. The van der Waals surface area contributed by atoms with Crippen molar-refractivity contribution in [1.29, 1.82) is 0 Å². The zero-order valence-corrected chi connectivity index (χ0v) is 61.4. The number of aliphatic hydroxyl groups excluding tert-OH is 20. The molecule has 0 aliphatic heterocycles. The number of carbonyl (C=O) groups excluding carboxylic acids is 7. The molecule has 0 aliphatic rings. The van der Waals surface area contributed by atoms with Crippen LogP contribution in [0.4, 0.5) is 0 Å². The van der Waals surface area contributed by atoms with Crippen molar-refractivity contribution < 1.29 is 164 Å². The van der Waals surface area contributed by atoms with Crippen molar-refractivity contribution in [3.8, 4) is 0 Å². The predicted octanol–water partition coefficient (Wildman–Crippen LogP) is -17.4. The first kappa shape index (κ1) is 101. The molecule has 16 atom stereocenters. The van der Waals surface area contributed by atoms with Crippen molar-refractivity contribution in [3.05, 3.63) is 0 Å². The molecule has 0 aromatic rings. The maximum Gasteiger partial charge on any atom is 0.242 e. The number of nitrogens with zero attached hydrogens (tertiary/aromatic N) is 9. The molecule has 7 amide bonds. The van der Waals surface area contributed by atoms with Gasteiger partial charge in [-0.3, -0.25) is 48.3 Å². The van der Waals surface area contributed by atoms with E-state index >= 15 is 0 Å². The molecule has 0 radical (unpaired) electrons. The molecule has 44 nitrogen and oxygen atoms in total. The molecule has 23 N–H and O–H groups in total. The molecule has 0 spiro atoms. The second-order valence-electron chi connectivity index (χ2n) is 25.3. The van der Waals surface area contributed by atoms with Gasteiger partial charge in [-0.1, -0.05) is 0 Å². The van der Waals surface area contributed by atoms with Crippen molar-refractivity contribution in [3.63, 3.8) is 0 Å². The van der Waals surface area contributed by atoms with E-state index in [1.165, 1.54) is 52.1 Å². The molecular weight excluding hydrogens is 1430 g/mol. The van der Waals surface area contributed by atoms with E-state index in [2.05, 4.69) is 5.32 Å². The van der Waals surface area contributed by atoms with Crippen LogP contribution in [0.25, 0.3) is 0 Å². The fraction of sp³-hybridized carbons (Fsp3) is 0.887. The van der Waals surface area contributed by atoms with Gasteiger partial charge in [0.1, 0.15) is 73.2 Å². The van der Waals surface area contributed by atoms with E-state index in [9.17, 15) is 136 Å². The lowest BCUT2D eigenvalue weighted by molar-refractivity contribution is -0.145. The van der Waals surface area contributed by atoms with Crippen molar-refractivity contribution in [1.82, 2.24) is 49.4 Å². The topological polar surface area (TPSA) is 647 Å². The van der Waals surface area contributed by atoms with Crippen LogP contribution in [0.5, 0.6) is 0 Å². The molecule has 0 bridgehead atoms. The Bertz CT molecular complexity index is 2270. The number of nitrogens with two attached hydrogens (primary N) is 1. The summed E-state index contributed by atoms with van der Waals surface area (Å²) in [5.41, 5.74) is 5.30. The van der Waals surface area contributed by atoms with Crippen LogP contribution in [-0.4, -0.2) is 545 Å². The number of ether oxygens (including phenoxy) is 6. The van der Waals surface area contributed by atoms with E-state index in [4.69, 9.17) is 34.2 Å². The third kappa shape index (κ3) is 41.8. The van der Waals surface area contributed by atoms with Gasteiger partial charge in [-0.2, -0.15) is 0 Å². The molecule has 0 aromatic carbocycles. The van der Waals surface area contributed by atoms with E-state index in [0.29, 0.717) is 0 Å². The second kappa shape index (κ2) is 57.2. The monoisotopic (exact) mass is 1550 g/mol. The second-order valence-corrected chi connectivity index (χ2v) is 25.3. The molecule has 0 rings (SSSR count). The van der Waals surface area contributed by atoms with E-state index in [-0.39, 0.29) is 145 Å². The molecule has 0 heterocycles. The summed E-state index contributed by atoms with van der Waals surface area (Å²) >= 11 is 0. The predicted molar refractivity (Wildman–Crippen MR) is 367 cm³/mol. The van der Waals surface area contributed by atoms with E-state index in [1.54, 1.807) is 4.90 Å². The summed E-state index contributed by atoms with van der Waals surface area (Å²) in [6, 6.07) is 0. The molecule has 0 fully saturated rings. The molecule has 624 valence electrons.